The highest BCUT2D eigenvalue weighted by Crippen LogP contribution is 2.34. The summed E-state index contributed by atoms with van der Waals surface area (Å²) < 4.78 is 37.1. The Hall–Kier alpha value is -2.05. The molecule has 0 fully saturated rings. The number of carboxylic acid groups (broad SMARTS) is 1. The molecule has 1 heterocycles. The van der Waals surface area contributed by atoms with Crippen LogP contribution in [0, 0.1) is 0 Å². The van der Waals surface area contributed by atoms with Crippen molar-refractivity contribution < 1.29 is 27.9 Å². The number of oxime groups is 1. The van der Waals surface area contributed by atoms with Crippen molar-refractivity contribution in [3.63, 3.8) is 0 Å². The molecule has 1 N–H and O–H groups in total. The molecule has 0 unspecified atom stereocenters. The molecule has 90 valence electrons. The summed E-state index contributed by atoms with van der Waals surface area (Å²) in [5.41, 5.74) is -0.729. The monoisotopic (exact) mass is 245 g/mol. The highest BCUT2D eigenvalue weighted by molar-refractivity contribution is 6.36. The minimum atomic E-state index is -4.46. The summed E-state index contributed by atoms with van der Waals surface area (Å²) in [4.78, 5) is 15.2. The first-order valence-electron chi connectivity index (χ1n) is 4.55. The fourth-order valence-electron chi connectivity index (χ4n) is 1.39. The molecule has 0 atom stereocenters. The molecule has 1 aromatic carbocycles. The molecule has 1 aliphatic heterocycles. The Morgan fingerprint density at radius 1 is 1.41 bits per heavy atom. The number of halogens is 3. The predicted octanol–water partition coefficient (Wildman–Crippen LogP) is 2.08. The molecule has 7 heteroatoms. The van der Waals surface area contributed by atoms with Gasteiger partial charge >= 0.3 is 12.1 Å². The summed E-state index contributed by atoms with van der Waals surface area (Å²) in [5, 5.41) is 11.9. The standard InChI is InChI=1S/C10H6F3NO3/c11-10(12,13)6-2-1-5-3-7(9(15)16)14-17-8(5)4-6/h1-2,4H,3H2,(H,15,16). The van der Waals surface area contributed by atoms with Crippen molar-refractivity contribution in [3.05, 3.63) is 29.3 Å². The molecular formula is C10H6F3NO3. The molecule has 0 saturated heterocycles. The van der Waals surface area contributed by atoms with Crippen LogP contribution in [-0.4, -0.2) is 16.8 Å². The maximum atomic E-state index is 12.4. The highest BCUT2D eigenvalue weighted by Gasteiger charge is 2.32. The molecule has 0 bridgehead atoms. The first-order valence-corrected chi connectivity index (χ1v) is 4.55. The van der Waals surface area contributed by atoms with Crippen molar-refractivity contribution in [2.24, 2.45) is 5.16 Å². The van der Waals surface area contributed by atoms with E-state index in [1.165, 1.54) is 6.07 Å². The van der Waals surface area contributed by atoms with Crippen molar-refractivity contribution in [2.75, 3.05) is 0 Å². The highest BCUT2D eigenvalue weighted by atomic mass is 19.4. The Morgan fingerprint density at radius 2 is 2.12 bits per heavy atom. The zero-order valence-electron chi connectivity index (χ0n) is 8.28. The molecule has 17 heavy (non-hydrogen) atoms. The van der Waals surface area contributed by atoms with Crippen LogP contribution in [-0.2, 0) is 17.4 Å². The largest absolute Gasteiger partial charge is 0.477 e. The summed E-state index contributed by atoms with van der Waals surface area (Å²) in [5.74, 6) is -1.32. The Balaban J connectivity index is 2.34. The normalized spacial score (nSPS) is 14.6. The van der Waals surface area contributed by atoms with Gasteiger partial charge in [0.1, 0.15) is 0 Å². The SMILES string of the molecule is O=C(O)C1=NOc2cc(C(F)(F)F)ccc2C1. The minimum Gasteiger partial charge on any atom is -0.477 e. The van der Waals surface area contributed by atoms with Gasteiger partial charge in [0.05, 0.1) is 5.56 Å². The lowest BCUT2D eigenvalue weighted by Gasteiger charge is -2.15. The number of benzene rings is 1. The van der Waals surface area contributed by atoms with Gasteiger partial charge in [-0.3, -0.25) is 0 Å². The zero-order chi connectivity index (χ0) is 12.6. The summed E-state index contributed by atoms with van der Waals surface area (Å²) in [7, 11) is 0. The van der Waals surface area contributed by atoms with Crippen LogP contribution in [0.1, 0.15) is 11.1 Å². The van der Waals surface area contributed by atoms with Gasteiger partial charge in [-0.1, -0.05) is 11.2 Å². The van der Waals surface area contributed by atoms with Gasteiger partial charge in [0.25, 0.3) is 0 Å². The molecule has 0 radical (unpaired) electrons. The molecule has 0 aromatic heterocycles. The molecule has 4 nitrogen and oxygen atoms in total. The third-order valence-electron chi connectivity index (χ3n) is 2.25. The second kappa shape index (κ2) is 3.76. The van der Waals surface area contributed by atoms with Crippen LogP contribution in [0.4, 0.5) is 13.2 Å². The number of fused-ring (bicyclic) bond motifs is 1. The second-order valence-electron chi connectivity index (χ2n) is 3.43. The quantitative estimate of drug-likeness (QED) is 0.824. The number of carbonyl (C=O) groups is 1. The van der Waals surface area contributed by atoms with Gasteiger partial charge < -0.3 is 9.94 Å². The van der Waals surface area contributed by atoms with Crippen LogP contribution in [0.25, 0.3) is 0 Å². The fraction of sp³-hybridized carbons (Fsp3) is 0.200. The number of alkyl halides is 3. The Morgan fingerprint density at radius 3 is 2.71 bits per heavy atom. The third kappa shape index (κ3) is 2.22. The maximum absolute atomic E-state index is 12.4. The summed E-state index contributed by atoms with van der Waals surface area (Å²) in [6.45, 7) is 0. The number of rotatable bonds is 1. The smallest absolute Gasteiger partial charge is 0.416 e. The zero-order valence-corrected chi connectivity index (χ0v) is 8.28. The molecule has 1 aliphatic rings. The van der Waals surface area contributed by atoms with E-state index in [1.54, 1.807) is 0 Å². The number of carboxylic acids is 1. The van der Waals surface area contributed by atoms with Crippen LogP contribution in [0.15, 0.2) is 23.4 Å². The number of nitrogens with zero attached hydrogens (tertiary/aromatic N) is 1. The lowest BCUT2D eigenvalue weighted by atomic mass is 10.0. The van der Waals surface area contributed by atoms with E-state index in [2.05, 4.69) is 9.99 Å². The van der Waals surface area contributed by atoms with Gasteiger partial charge in [-0.25, -0.2) is 4.79 Å². The van der Waals surface area contributed by atoms with E-state index in [4.69, 9.17) is 5.11 Å². The average molecular weight is 245 g/mol. The van der Waals surface area contributed by atoms with Crippen LogP contribution >= 0.6 is 0 Å². The van der Waals surface area contributed by atoms with Crippen LogP contribution in [0.5, 0.6) is 5.75 Å². The van der Waals surface area contributed by atoms with E-state index in [9.17, 15) is 18.0 Å². The van der Waals surface area contributed by atoms with E-state index in [1.807, 2.05) is 0 Å². The topological polar surface area (TPSA) is 58.9 Å². The summed E-state index contributed by atoms with van der Waals surface area (Å²) >= 11 is 0. The van der Waals surface area contributed by atoms with E-state index in [0.717, 1.165) is 12.1 Å². The van der Waals surface area contributed by atoms with Gasteiger partial charge in [0.15, 0.2) is 11.5 Å². The van der Waals surface area contributed by atoms with Crippen molar-refractivity contribution in [2.45, 2.75) is 12.6 Å². The van der Waals surface area contributed by atoms with E-state index in [0.29, 0.717) is 5.56 Å². The van der Waals surface area contributed by atoms with Gasteiger partial charge in [-0.05, 0) is 12.1 Å². The molecule has 2 rings (SSSR count). The molecule has 0 amide bonds. The maximum Gasteiger partial charge on any atom is 0.416 e. The predicted molar refractivity (Wildman–Crippen MR) is 50.8 cm³/mol. The Bertz CT molecular complexity index is 508. The lowest BCUT2D eigenvalue weighted by Crippen LogP contribution is -2.21. The number of hydrogen-bond donors (Lipinski definition) is 1. The van der Waals surface area contributed by atoms with Gasteiger partial charge in [0.2, 0.25) is 0 Å². The van der Waals surface area contributed by atoms with Crippen molar-refractivity contribution >= 4 is 11.7 Å². The first kappa shape index (κ1) is 11.4. The molecule has 0 saturated carbocycles. The molecule has 1 aromatic rings. The number of aliphatic carboxylic acids is 1. The Kier molecular flexibility index (Phi) is 2.53. The lowest BCUT2D eigenvalue weighted by molar-refractivity contribution is -0.137. The third-order valence-corrected chi connectivity index (χ3v) is 2.25. The van der Waals surface area contributed by atoms with Crippen molar-refractivity contribution in [1.29, 1.82) is 0 Å². The van der Waals surface area contributed by atoms with E-state index in [-0.39, 0.29) is 17.9 Å². The molecule has 0 spiro atoms. The van der Waals surface area contributed by atoms with E-state index >= 15 is 0 Å². The summed E-state index contributed by atoms with van der Waals surface area (Å²) in [6.07, 6.45) is -4.52. The second-order valence-corrected chi connectivity index (χ2v) is 3.43. The fourth-order valence-corrected chi connectivity index (χ4v) is 1.39. The van der Waals surface area contributed by atoms with Crippen LogP contribution < -0.4 is 4.84 Å². The molecular weight excluding hydrogens is 239 g/mol. The van der Waals surface area contributed by atoms with Crippen molar-refractivity contribution in [3.8, 4) is 5.75 Å². The van der Waals surface area contributed by atoms with Crippen LogP contribution in [0.2, 0.25) is 0 Å². The number of hydrogen-bond acceptors (Lipinski definition) is 3. The Labute approximate surface area is 93.3 Å². The summed E-state index contributed by atoms with van der Waals surface area (Å²) in [6, 6.07) is 2.88. The minimum absolute atomic E-state index is 0.0528. The van der Waals surface area contributed by atoms with Gasteiger partial charge in [0, 0.05) is 12.0 Å². The van der Waals surface area contributed by atoms with E-state index < -0.39 is 17.7 Å². The first-order chi connectivity index (χ1) is 7.88. The van der Waals surface area contributed by atoms with Gasteiger partial charge in [-0.2, -0.15) is 13.2 Å². The van der Waals surface area contributed by atoms with Crippen molar-refractivity contribution in [1.82, 2.24) is 0 Å². The van der Waals surface area contributed by atoms with Gasteiger partial charge in [-0.15, -0.1) is 0 Å². The van der Waals surface area contributed by atoms with Crippen LogP contribution in [0.3, 0.4) is 0 Å². The average Bonchev–Trinajstić information content (AvgIpc) is 2.26. The molecule has 0 aliphatic carbocycles.